The van der Waals surface area contributed by atoms with Crippen LogP contribution in [0.15, 0.2) is 91.0 Å². The summed E-state index contributed by atoms with van der Waals surface area (Å²) in [5.41, 5.74) is -5.70. The van der Waals surface area contributed by atoms with Gasteiger partial charge in [-0.05, 0) is 17.7 Å². The van der Waals surface area contributed by atoms with Crippen molar-refractivity contribution >= 4 is 11.9 Å². The number of carbonyl (C=O) groups is 2. The number of hydrogen-bond acceptors (Lipinski definition) is 4. The number of ether oxygens (including phenoxy) is 1. The van der Waals surface area contributed by atoms with E-state index in [9.17, 15) is 24.9 Å². The van der Waals surface area contributed by atoms with Crippen LogP contribution in [0.5, 0.6) is 5.75 Å². The second-order valence-electron chi connectivity index (χ2n) is 6.15. The molecule has 0 bridgehead atoms. The highest BCUT2D eigenvalue weighted by Crippen LogP contribution is 2.45. The molecule has 2 atom stereocenters. The fourth-order valence-electron chi connectivity index (χ4n) is 3.16. The summed E-state index contributed by atoms with van der Waals surface area (Å²) in [6.07, 6.45) is 0. The van der Waals surface area contributed by atoms with E-state index in [1.807, 2.05) is 0 Å². The van der Waals surface area contributed by atoms with E-state index < -0.39 is 23.1 Å². The van der Waals surface area contributed by atoms with E-state index in [0.717, 1.165) is 0 Å². The Labute approximate surface area is 161 Å². The first-order chi connectivity index (χ1) is 13.4. The van der Waals surface area contributed by atoms with Gasteiger partial charge in [0.15, 0.2) is 0 Å². The molecule has 28 heavy (non-hydrogen) atoms. The minimum absolute atomic E-state index is 0.0138. The first-order valence-corrected chi connectivity index (χ1v) is 8.47. The lowest BCUT2D eigenvalue weighted by atomic mass is 9.72. The standard InChI is InChI=1S/C22H18O6/c23-19(24)21(27,16-10-4-1-5-11-16)22(20(25)26,17-12-6-2-7-13-17)28-18-14-8-3-9-15-18/h1-15,27H,(H,23,24)(H,25,26). The molecule has 0 aliphatic rings. The van der Waals surface area contributed by atoms with Crippen LogP contribution in [0.2, 0.25) is 0 Å². The molecule has 0 aromatic heterocycles. The maximum atomic E-state index is 12.6. The van der Waals surface area contributed by atoms with Gasteiger partial charge in [-0.1, -0.05) is 78.9 Å². The smallest absolute Gasteiger partial charge is 0.357 e. The third kappa shape index (κ3) is 3.00. The van der Waals surface area contributed by atoms with Crippen molar-refractivity contribution in [1.29, 1.82) is 0 Å². The summed E-state index contributed by atoms with van der Waals surface area (Å²) in [5.74, 6) is -3.29. The summed E-state index contributed by atoms with van der Waals surface area (Å²) in [7, 11) is 0. The van der Waals surface area contributed by atoms with Gasteiger partial charge in [-0.25, -0.2) is 9.59 Å². The maximum absolute atomic E-state index is 12.6. The molecule has 3 rings (SSSR count). The van der Waals surface area contributed by atoms with E-state index in [1.54, 1.807) is 42.5 Å². The quantitative estimate of drug-likeness (QED) is 0.584. The Kier molecular flexibility index (Phi) is 5.15. The SMILES string of the molecule is O=C(O)C(O)(c1ccccc1)C(Oc1ccccc1)(C(=O)O)c1ccccc1. The molecular weight excluding hydrogens is 360 g/mol. The van der Waals surface area contributed by atoms with Crippen molar-refractivity contribution in [3.05, 3.63) is 102 Å². The zero-order valence-electron chi connectivity index (χ0n) is 14.7. The van der Waals surface area contributed by atoms with E-state index in [2.05, 4.69) is 0 Å². The molecule has 142 valence electrons. The van der Waals surface area contributed by atoms with Crippen LogP contribution >= 0.6 is 0 Å². The largest absolute Gasteiger partial charge is 0.479 e. The van der Waals surface area contributed by atoms with Crippen LogP contribution in [0, 0.1) is 0 Å². The van der Waals surface area contributed by atoms with Gasteiger partial charge >= 0.3 is 11.9 Å². The number of para-hydroxylation sites is 1. The topological polar surface area (TPSA) is 104 Å². The molecule has 3 N–H and O–H groups in total. The minimum Gasteiger partial charge on any atom is -0.479 e. The Balaban J connectivity index is 2.36. The fraction of sp³-hybridized carbons (Fsp3) is 0.0909. The highest BCUT2D eigenvalue weighted by Gasteiger charge is 2.66. The van der Waals surface area contributed by atoms with Crippen LogP contribution in [-0.2, 0) is 20.8 Å². The van der Waals surface area contributed by atoms with Gasteiger partial charge in [0, 0.05) is 5.56 Å². The van der Waals surface area contributed by atoms with Gasteiger partial charge in [-0.15, -0.1) is 0 Å². The highest BCUT2D eigenvalue weighted by atomic mass is 16.6. The summed E-state index contributed by atoms with van der Waals surface area (Å²) >= 11 is 0. The second kappa shape index (κ2) is 7.54. The zero-order valence-corrected chi connectivity index (χ0v) is 14.7. The maximum Gasteiger partial charge on any atom is 0.357 e. The molecular formula is C22H18O6. The molecule has 6 heteroatoms. The molecule has 0 fully saturated rings. The first-order valence-electron chi connectivity index (χ1n) is 8.47. The number of carboxylic acid groups (broad SMARTS) is 2. The van der Waals surface area contributed by atoms with E-state index in [1.165, 1.54) is 48.5 Å². The van der Waals surface area contributed by atoms with Crippen molar-refractivity contribution in [3.8, 4) is 5.75 Å². The molecule has 0 amide bonds. The molecule has 2 unspecified atom stereocenters. The molecule has 6 nitrogen and oxygen atoms in total. The average Bonchev–Trinajstić information content (AvgIpc) is 2.73. The number of aliphatic hydroxyl groups is 1. The van der Waals surface area contributed by atoms with Crippen LogP contribution in [-0.4, -0.2) is 27.3 Å². The summed E-state index contributed by atoms with van der Waals surface area (Å²) < 4.78 is 5.80. The van der Waals surface area contributed by atoms with Crippen molar-refractivity contribution in [1.82, 2.24) is 0 Å². The molecule has 3 aromatic carbocycles. The summed E-state index contributed by atoms with van der Waals surface area (Å²) in [6.45, 7) is 0. The summed E-state index contributed by atoms with van der Waals surface area (Å²) in [5, 5.41) is 31.7. The predicted octanol–water partition coefficient (Wildman–Crippen LogP) is 3.02. The Morgan fingerprint density at radius 2 is 1.07 bits per heavy atom. The third-order valence-electron chi connectivity index (χ3n) is 4.51. The highest BCUT2D eigenvalue weighted by molar-refractivity contribution is 5.93. The molecule has 0 aliphatic carbocycles. The van der Waals surface area contributed by atoms with Gasteiger partial charge in [0.2, 0.25) is 5.60 Å². The third-order valence-corrected chi connectivity index (χ3v) is 4.51. The fourth-order valence-corrected chi connectivity index (χ4v) is 3.16. The van der Waals surface area contributed by atoms with Crippen LogP contribution in [0.1, 0.15) is 11.1 Å². The van der Waals surface area contributed by atoms with Gasteiger partial charge in [0.05, 0.1) is 0 Å². The van der Waals surface area contributed by atoms with Crippen LogP contribution in [0.25, 0.3) is 0 Å². The number of benzene rings is 3. The monoisotopic (exact) mass is 378 g/mol. The zero-order chi connectivity index (χ0) is 20.2. The predicted molar refractivity (Wildman–Crippen MR) is 101 cm³/mol. The second-order valence-corrected chi connectivity index (χ2v) is 6.15. The van der Waals surface area contributed by atoms with E-state index >= 15 is 0 Å². The van der Waals surface area contributed by atoms with Gasteiger partial charge in [0.25, 0.3) is 5.60 Å². The van der Waals surface area contributed by atoms with Gasteiger partial charge < -0.3 is 20.1 Å². The number of carboxylic acids is 2. The Bertz CT molecular complexity index is 958. The minimum atomic E-state index is -2.92. The van der Waals surface area contributed by atoms with Crippen LogP contribution in [0.4, 0.5) is 0 Å². The van der Waals surface area contributed by atoms with E-state index in [4.69, 9.17) is 4.74 Å². The first kappa shape index (κ1) is 19.1. The number of hydrogen-bond donors (Lipinski definition) is 3. The van der Waals surface area contributed by atoms with Crippen molar-refractivity contribution in [2.75, 3.05) is 0 Å². The molecule has 0 heterocycles. The lowest BCUT2D eigenvalue weighted by Gasteiger charge is -2.41. The molecule has 0 aliphatic heterocycles. The molecule has 0 spiro atoms. The molecule has 0 saturated carbocycles. The van der Waals surface area contributed by atoms with Gasteiger partial charge in [-0.3, -0.25) is 0 Å². The normalized spacial score (nSPS) is 15.0. The molecule has 3 aromatic rings. The lowest BCUT2D eigenvalue weighted by Crippen LogP contribution is -2.62. The Hall–Kier alpha value is -3.64. The lowest BCUT2D eigenvalue weighted by molar-refractivity contribution is -0.207. The van der Waals surface area contributed by atoms with Crippen molar-refractivity contribution in [2.45, 2.75) is 11.2 Å². The summed E-state index contributed by atoms with van der Waals surface area (Å²) in [4.78, 5) is 24.9. The average molecular weight is 378 g/mol. The number of rotatable bonds is 7. The summed E-state index contributed by atoms with van der Waals surface area (Å²) in [6, 6.07) is 22.9. The van der Waals surface area contributed by atoms with Crippen molar-refractivity contribution < 1.29 is 29.6 Å². The van der Waals surface area contributed by atoms with Crippen LogP contribution < -0.4 is 4.74 Å². The Morgan fingerprint density at radius 3 is 1.50 bits per heavy atom. The molecule has 0 radical (unpaired) electrons. The van der Waals surface area contributed by atoms with Gasteiger partial charge in [0.1, 0.15) is 5.75 Å². The van der Waals surface area contributed by atoms with E-state index in [0.29, 0.717) is 0 Å². The van der Waals surface area contributed by atoms with Crippen molar-refractivity contribution in [3.63, 3.8) is 0 Å². The van der Waals surface area contributed by atoms with E-state index in [-0.39, 0.29) is 16.9 Å². The Morgan fingerprint density at radius 1 is 0.643 bits per heavy atom. The van der Waals surface area contributed by atoms with Gasteiger partial charge in [-0.2, -0.15) is 0 Å². The molecule has 0 saturated heterocycles. The van der Waals surface area contributed by atoms with Crippen LogP contribution in [0.3, 0.4) is 0 Å². The van der Waals surface area contributed by atoms with Crippen molar-refractivity contribution in [2.24, 2.45) is 0 Å². The number of aliphatic carboxylic acids is 2.